The molecule has 2 aliphatic rings. The number of alkyl halides is 3. The summed E-state index contributed by atoms with van der Waals surface area (Å²) in [6.07, 6.45) is -4.82. The molecule has 9 heteroatoms. The quantitative estimate of drug-likeness (QED) is 0.711. The number of carbonyl (C=O) groups is 1. The Bertz CT molecular complexity index is 917. The van der Waals surface area contributed by atoms with Gasteiger partial charge in [-0.1, -0.05) is 6.07 Å². The number of piperidine rings is 1. The lowest BCUT2D eigenvalue weighted by molar-refractivity contribution is -0.274. The van der Waals surface area contributed by atoms with E-state index in [0.717, 1.165) is 31.3 Å². The highest BCUT2D eigenvalue weighted by atomic mass is 19.4. The number of carbonyl (C=O) groups excluding carboxylic acids is 1. The first-order chi connectivity index (χ1) is 14.2. The second kappa shape index (κ2) is 7.86. The van der Waals surface area contributed by atoms with Gasteiger partial charge in [0.25, 0.3) is 5.91 Å². The van der Waals surface area contributed by atoms with Crippen LogP contribution in [0.2, 0.25) is 0 Å². The van der Waals surface area contributed by atoms with Crippen molar-refractivity contribution < 1.29 is 31.5 Å². The fourth-order valence-electron chi connectivity index (χ4n) is 4.28. The summed E-state index contributed by atoms with van der Waals surface area (Å²) >= 11 is 0. The number of nitrogens with zero attached hydrogens (tertiary/aromatic N) is 1. The molecule has 160 valence electrons. The Labute approximate surface area is 169 Å². The molecule has 1 aliphatic heterocycles. The molecule has 1 saturated carbocycles. The van der Waals surface area contributed by atoms with Crippen molar-refractivity contribution in [3.8, 4) is 5.75 Å². The van der Waals surface area contributed by atoms with Crippen LogP contribution in [-0.4, -0.2) is 36.8 Å². The number of nitrogens with one attached hydrogen (secondary N) is 1. The summed E-state index contributed by atoms with van der Waals surface area (Å²) in [5.41, 5.74) is 0.678. The molecule has 0 aromatic heterocycles. The van der Waals surface area contributed by atoms with E-state index in [1.165, 1.54) is 24.3 Å². The average Bonchev–Trinajstić information content (AvgIpc) is 3.09. The van der Waals surface area contributed by atoms with E-state index < -0.39 is 29.7 Å². The van der Waals surface area contributed by atoms with Gasteiger partial charge in [-0.2, -0.15) is 0 Å². The number of likely N-dealkylation sites (tertiary alicyclic amines) is 1. The van der Waals surface area contributed by atoms with E-state index in [9.17, 15) is 26.7 Å². The molecular weight excluding hydrogens is 407 g/mol. The highest BCUT2D eigenvalue weighted by Crippen LogP contribution is 2.51. The third-order valence-electron chi connectivity index (χ3n) is 5.60. The maximum absolute atomic E-state index is 13.3. The lowest BCUT2D eigenvalue weighted by atomic mass is 10.1. The Morgan fingerprint density at radius 1 is 1.07 bits per heavy atom. The third-order valence-corrected chi connectivity index (χ3v) is 5.60. The van der Waals surface area contributed by atoms with Gasteiger partial charge in [-0.3, -0.25) is 9.69 Å². The summed E-state index contributed by atoms with van der Waals surface area (Å²) in [4.78, 5) is 14.4. The van der Waals surface area contributed by atoms with Crippen LogP contribution in [-0.2, 0) is 6.54 Å². The van der Waals surface area contributed by atoms with Gasteiger partial charge in [0.05, 0.1) is 0 Å². The monoisotopic (exact) mass is 426 g/mol. The molecule has 0 radical (unpaired) electrons. The van der Waals surface area contributed by atoms with E-state index >= 15 is 0 Å². The minimum Gasteiger partial charge on any atom is -0.406 e. The van der Waals surface area contributed by atoms with Gasteiger partial charge in [0.15, 0.2) is 0 Å². The summed E-state index contributed by atoms with van der Waals surface area (Å²) < 4.78 is 67.4. The molecule has 2 unspecified atom stereocenters. The maximum Gasteiger partial charge on any atom is 0.573 e. The number of ether oxygens (including phenoxy) is 1. The smallest absolute Gasteiger partial charge is 0.406 e. The standard InChI is InChI=1S/C21H19F5N2O2/c22-14-4-12(5-15(23)7-14)9-28-10-18-17(19(18)11-28)8-27-20(29)13-2-1-3-16(6-13)30-21(24,25)26/h1-7,17-19H,8-11H2,(H,27,29). The van der Waals surface area contributed by atoms with Crippen LogP contribution in [0.3, 0.4) is 0 Å². The van der Waals surface area contributed by atoms with Gasteiger partial charge in [0.2, 0.25) is 0 Å². The van der Waals surface area contributed by atoms with Gasteiger partial charge in [0, 0.05) is 37.8 Å². The Morgan fingerprint density at radius 3 is 2.37 bits per heavy atom. The van der Waals surface area contributed by atoms with E-state index in [4.69, 9.17) is 0 Å². The largest absolute Gasteiger partial charge is 0.573 e. The summed E-state index contributed by atoms with van der Waals surface area (Å²) in [5, 5.41) is 2.77. The molecular formula is C21H19F5N2O2. The molecule has 1 N–H and O–H groups in total. The van der Waals surface area contributed by atoms with Crippen LogP contribution in [0.25, 0.3) is 0 Å². The molecule has 1 heterocycles. The van der Waals surface area contributed by atoms with Crippen molar-refractivity contribution >= 4 is 5.91 Å². The molecule has 1 aliphatic carbocycles. The molecule has 2 aromatic rings. The number of amides is 1. The number of hydrogen-bond acceptors (Lipinski definition) is 3. The first-order valence-electron chi connectivity index (χ1n) is 9.49. The van der Waals surface area contributed by atoms with E-state index in [1.54, 1.807) is 0 Å². The van der Waals surface area contributed by atoms with Crippen molar-refractivity contribution in [3.05, 3.63) is 65.2 Å². The summed E-state index contributed by atoms with van der Waals surface area (Å²) in [7, 11) is 0. The van der Waals surface area contributed by atoms with Crippen molar-refractivity contribution in [2.75, 3.05) is 19.6 Å². The van der Waals surface area contributed by atoms with Crippen molar-refractivity contribution in [3.63, 3.8) is 0 Å². The third kappa shape index (κ3) is 4.89. The highest BCUT2D eigenvalue weighted by Gasteiger charge is 2.55. The number of benzene rings is 2. The molecule has 2 aromatic carbocycles. The van der Waals surface area contributed by atoms with Gasteiger partial charge in [-0.15, -0.1) is 13.2 Å². The molecule has 4 nitrogen and oxygen atoms in total. The molecule has 1 amide bonds. The van der Waals surface area contributed by atoms with Gasteiger partial charge in [-0.05, 0) is 53.6 Å². The van der Waals surface area contributed by atoms with Crippen molar-refractivity contribution in [2.24, 2.45) is 17.8 Å². The predicted octanol–water partition coefficient (Wildman–Crippen LogP) is 3.97. The minimum atomic E-state index is -4.82. The summed E-state index contributed by atoms with van der Waals surface area (Å²) in [6, 6.07) is 8.42. The first-order valence-corrected chi connectivity index (χ1v) is 9.49. The molecule has 30 heavy (non-hydrogen) atoms. The zero-order valence-electron chi connectivity index (χ0n) is 15.8. The lowest BCUT2D eigenvalue weighted by Crippen LogP contribution is -2.30. The molecule has 0 spiro atoms. The second-order valence-electron chi connectivity index (χ2n) is 7.75. The normalized spacial score (nSPS) is 23.2. The SMILES string of the molecule is O=C(NCC1C2CN(Cc3cc(F)cc(F)c3)CC12)c1cccc(OC(F)(F)F)c1. The number of fused-ring (bicyclic) bond motifs is 1. The Kier molecular flexibility index (Phi) is 5.40. The minimum absolute atomic E-state index is 0.0947. The molecule has 4 rings (SSSR count). The van der Waals surface area contributed by atoms with E-state index in [0.29, 0.717) is 36.4 Å². The van der Waals surface area contributed by atoms with Crippen LogP contribution in [0, 0.1) is 29.4 Å². The van der Waals surface area contributed by atoms with Crippen LogP contribution in [0.5, 0.6) is 5.75 Å². The molecule has 1 saturated heterocycles. The number of rotatable bonds is 6. The maximum atomic E-state index is 13.3. The van der Waals surface area contributed by atoms with Crippen LogP contribution in [0.4, 0.5) is 22.0 Å². The average molecular weight is 426 g/mol. The second-order valence-corrected chi connectivity index (χ2v) is 7.75. The zero-order valence-corrected chi connectivity index (χ0v) is 15.8. The van der Waals surface area contributed by atoms with Crippen molar-refractivity contribution in [1.29, 1.82) is 0 Å². The highest BCUT2D eigenvalue weighted by molar-refractivity contribution is 5.94. The number of halogens is 5. The van der Waals surface area contributed by atoms with Crippen LogP contribution in [0.15, 0.2) is 42.5 Å². The Morgan fingerprint density at radius 2 is 1.73 bits per heavy atom. The lowest BCUT2D eigenvalue weighted by Gasteiger charge is -2.19. The van der Waals surface area contributed by atoms with Crippen molar-refractivity contribution in [1.82, 2.24) is 10.2 Å². The summed E-state index contributed by atoms with van der Waals surface area (Å²) in [6.45, 7) is 2.45. The van der Waals surface area contributed by atoms with Crippen LogP contribution >= 0.6 is 0 Å². The molecule has 2 atom stereocenters. The zero-order chi connectivity index (χ0) is 21.5. The first kappa shape index (κ1) is 20.6. The number of hydrogen-bond donors (Lipinski definition) is 1. The van der Waals surface area contributed by atoms with E-state index in [1.807, 2.05) is 0 Å². The molecule has 2 fully saturated rings. The molecule has 0 bridgehead atoms. The Hall–Kier alpha value is -2.68. The van der Waals surface area contributed by atoms with Gasteiger partial charge in [-0.25, -0.2) is 8.78 Å². The van der Waals surface area contributed by atoms with Gasteiger partial charge >= 0.3 is 6.36 Å². The van der Waals surface area contributed by atoms with E-state index in [-0.39, 0.29) is 5.56 Å². The predicted molar refractivity (Wildman–Crippen MR) is 97.6 cm³/mol. The van der Waals surface area contributed by atoms with E-state index in [2.05, 4.69) is 15.0 Å². The van der Waals surface area contributed by atoms with Crippen LogP contribution < -0.4 is 10.1 Å². The van der Waals surface area contributed by atoms with Crippen molar-refractivity contribution in [2.45, 2.75) is 12.9 Å². The fourth-order valence-corrected chi connectivity index (χ4v) is 4.28. The van der Waals surface area contributed by atoms with Crippen LogP contribution in [0.1, 0.15) is 15.9 Å². The van der Waals surface area contributed by atoms with Gasteiger partial charge in [0.1, 0.15) is 17.4 Å². The fraction of sp³-hybridized carbons (Fsp3) is 0.381. The Balaban J connectivity index is 1.24. The van der Waals surface area contributed by atoms with Gasteiger partial charge < -0.3 is 10.1 Å². The summed E-state index contributed by atoms with van der Waals surface area (Å²) in [5.74, 6) is -1.02. The topological polar surface area (TPSA) is 41.6 Å².